The Morgan fingerprint density at radius 1 is 1.04 bits per heavy atom. The Morgan fingerprint density at radius 3 is 2.57 bits per heavy atom. The van der Waals surface area contributed by atoms with E-state index in [1.807, 2.05) is 12.1 Å². The summed E-state index contributed by atoms with van der Waals surface area (Å²) in [5, 5.41) is 0. The van der Waals surface area contributed by atoms with Gasteiger partial charge in [0.05, 0.1) is 12.8 Å². The molecule has 0 radical (unpaired) electrons. The molecule has 4 rings (SSSR count). The first-order valence-corrected chi connectivity index (χ1v) is 8.12. The van der Waals surface area contributed by atoms with Gasteiger partial charge in [-0.2, -0.15) is 0 Å². The van der Waals surface area contributed by atoms with Crippen molar-refractivity contribution in [3.05, 3.63) is 48.2 Å². The maximum atomic E-state index is 5.21. The number of aromatic nitrogens is 1. The summed E-state index contributed by atoms with van der Waals surface area (Å²) in [5.74, 6) is 0.882. The van der Waals surface area contributed by atoms with Crippen LogP contribution in [0.15, 0.2) is 42.6 Å². The van der Waals surface area contributed by atoms with Crippen molar-refractivity contribution in [1.82, 2.24) is 9.88 Å². The second kappa shape index (κ2) is 6.62. The molecule has 3 nitrogen and oxygen atoms in total. The summed E-state index contributed by atoms with van der Waals surface area (Å²) in [6.45, 7) is 3.75. The van der Waals surface area contributed by atoms with Crippen LogP contribution in [0, 0.1) is 0 Å². The molecule has 2 unspecified atom stereocenters. The lowest BCUT2D eigenvalue weighted by molar-refractivity contribution is 0.243. The number of piperidine rings is 1. The Morgan fingerprint density at radius 2 is 1.87 bits per heavy atom. The van der Waals surface area contributed by atoms with Crippen LogP contribution in [0.1, 0.15) is 24.8 Å². The van der Waals surface area contributed by atoms with E-state index in [-0.39, 0.29) is 17.0 Å². The fourth-order valence-corrected chi connectivity index (χ4v) is 4.01. The third-order valence-electron chi connectivity index (χ3n) is 5.32. The Balaban J connectivity index is 0.00000156. The molecule has 2 aliphatic rings. The van der Waals surface area contributed by atoms with Crippen LogP contribution in [0.2, 0.25) is 0 Å². The van der Waals surface area contributed by atoms with Gasteiger partial charge < -0.3 is 9.64 Å². The van der Waals surface area contributed by atoms with E-state index in [2.05, 4.69) is 35.4 Å². The number of fused-ring (bicyclic) bond motifs is 2. The van der Waals surface area contributed by atoms with Crippen LogP contribution in [0.25, 0.3) is 11.3 Å². The molecule has 122 valence electrons. The smallest absolute Gasteiger partial charge is 0.118 e. The zero-order chi connectivity index (χ0) is 15.0. The lowest BCUT2D eigenvalue weighted by atomic mass is 9.75. The van der Waals surface area contributed by atoms with Gasteiger partial charge in [-0.25, -0.2) is 0 Å². The summed E-state index contributed by atoms with van der Waals surface area (Å²) < 4.78 is 5.21. The van der Waals surface area contributed by atoms with Gasteiger partial charge in [0.2, 0.25) is 0 Å². The zero-order valence-corrected chi connectivity index (χ0v) is 15.2. The lowest BCUT2D eigenvalue weighted by Gasteiger charge is -2.34. The van der Waals surface area contributed by atoms with Crippen LogP contribution in [0.4, 0.5) is 0 Å². The molecule has 2 saturated heterocycles. The summed E-state index contributed by atoms with van der Waals surface area (Å²) >= 11 is 0. The van der Waals surface area contributed by atoms with Gasteiger partial charge >= 0.3 is 0 Å². The standard InChI is InChI=1S/C19H22N2O.BrH/c1-22-17-6-3-15(4-7-17)18-8-5-16(13-20-18)19-9-2-11-21(14-19)12-10-19;/h3-8,13H,2,9-12,14H2,1H3;1H. The minimum atomic E-state index is 0. The molecule has 2 bridgehead atoms. The van der Waals surface area contributed by atoms with Crippen LogP contribution >= 0.6 is 17.0 Å². The number of benzene rings is 1. The summed E-state index contributed by atoms with van der Waals surface area (Å²) in [4.78, 5) is 7.33. The number of rotatable bonds is 3. The second-order valence-electron chi connectivity index (χ2n) is 6.57. The molecule has 0 spiro atoms. The molecule has 2 aromatic rings. The van der Waals surface area contributed by atoms with Gasteiger partial charge in [-0.05, 0) is 68.2 Å². The number of hydrogen-bond donors (Lipinski definition) is 0. The number of ether oxygens (including phenoxy) is 1. The highest BCUT2D eigenvalue weighted by Gasteiger charge is 2.42. The molecule has 4 heteroatoms. The number of halogens is 1. The average molecular weight is 375 g/mol. The summed E-state index contributed by atoms with van der Waals surface area (Å²) in [5.41, 5.74) is 3.96. The molecule has 0 aliphatic carbocycles. The van der Waals surface area contributed by atoms with Crippen LogP contribution in [-0.4, -0.2) is 36.6 Å². The van der Waals surface area contributed by atoms with Gasteiger partial charge in [0.25, 0.3) is 0 Å². The van der Waals surface area contributed by atoms with Crippen LogP contribution in [0.3, 0.4) is 0 Å². The summed E-state index contributed by atoms with van der Waals surface area (Å²) in [6.07, 6.45) is 6.03. The molecule has 1 aromatic heterocycles. The third-order valence-corrected chi connectivity index (χ3v) is 5.32. The number of nitrogens with zero attached hydrogens (tertiary/aromatic N) is 2. The minimum Gasteiger partial charge on any atom is -0.497 e. The van der Waals surface area contributed by atoms with Crippen molar-refractivity contribution in [3.63, 3.8) is 0 Å². The van der Waals surface area contributed by atoms with Gasteiger partial charge in [0, 0.05) is 23.7 Å². The molecule has 2 atom stereocenters. The molecule has 2 aliphatic heterocycles. The molecule has 0 N–H and O–H groups in total. The van der Waals surface area contributed by atoms with Gasteiger partial charge in [-0.3, -0.25) is 4.98 Å². The SMILES string of the molecule is Br.COc1ccc(-c2ccc(C34CCCN(CC3)C4)cn2)cc1. The Kier molecular flexibility index (Phi) is 4.74. The zero-order valence-electron chi connectivity index (χ0n) is 13.5. The fraction of sp³-hybridized carbons (Fsp3) is 0.421. The van der Waals surface area contributed by atoms with Crippen molar-refractivity contribution < 1.29 is 4.74 Å². The van der Waals surface area contributed by atoms with Crippen LogP contribution in [-0.2, 0) is 5.41 Å². The van der Waals surface area contributed by atoms with Gasteiger partial charge in [0.15, 0.2) is 0 Å². The molecule has 2 fully saturated rings. The third kappa shape index (κ3) is 3.02. The van der Waals surface area contributed by atoms with E-state index in [1.54, 1.807) is 7.11 Å². The van der Waals surface area contributed by atoms with Crippen LogP contribution < -0.4 is 4.74 Å². The van der Waals surface area contributed by atoms with Gasteiger partial charge in [-0.1, -0.05) is 6.07 Å². The Labute approximate surface area is 148 Å². The highest BCUT2D eigenvalue weighted by atomic mass is 79.9. The van der Waals surface area contributed by atoms with Crippen molar-refractivity contribution in [3.8, 4) is 17.0 Å². The second-order valence-corrected chi connectivity index (χ2v) is 6.57. The highest BCUT2D eigenvalue weighted by molar-refractivity contribution is 8.93. The molecular weight excluding hydrogens is 352 g/mol. The first-order chi connectivity index (χ1) is 10.8. The minimum absolute atomic E-state index is 0. The van der Waals surface area contributed by atoms with Crippen molar-refractivity contribution in [2.24, 2.45) is 0 Å². The largest absolute Gasteiger partial charge is 0.497 e. The topological polar surface area (TPSA) is 25.4 Å². The molecule has 0 saturated carbocycles. The number of hydrogen-bond acceptors (Lipinski definition) is 3. The lowest BCUT2D eigenvalue weighted by Crippen LogP contribution is -2.36. The van der Waals surface area contributed by atoms with E-state index in [1.165, 1.54) is 44.5 Å². The van der Waals surface area contributed by atoms with E-state index < -0.39 is 0 Å². The van der Waals surface area contributed by atoms with E-state index >= 15 is 0 Å². The van der Waals surface area contributed by atoms with Crippen molar-refractivity contribution in [2.75, 3.05) is 26.7 Å². The van der Waals surface area contributed by atoms with E-state index in [0.717, 1.165) is 17.0 Å². The first-order valence-electron chi connectivity index (χ1n) is 8.12. The van der Waals surface area contributed by atoms with E-state index in [0.29, 0.717) is 5.41 Å². The van der Waals surface area contributed by atoms with Crippen molar-refractivity contribution in [1.29, 1.82) is 0 Å². The summed E-state index contributed by atoms with van der Waals surface area (Å²) in [6, 6.07) is 12.6. The predicted molar refractivity (Wildman–Crippen MR) is 98.5 cm³/mol. The number of methoxy groups -OCH3 is 1. The maximum Gasteiger partial charge on any atom is 0.118 e. The van der Waals surface area contributed by atoms with Gasteiger partial charge in [-0.15, -0.1) is 17.0 Å². The van der Waals surface area contributed by atoms with Crippen LogP contribution in [0.5, 0.6) is 5.75 Å². The van der Waals surface area contributed by atoms with E-state index in [9.17, 15) is 0 Å². The maximum absolute atomic E-state index is 5.21. The highest BCUT2D eigenvalue weighted by Crippen LogP contribution is 2.42. The molecule has 3 heterocycles. The van der Waals surface area contributed by atoms with Crippen molar-refractivity contribution in [2.45, 2.75) is 24.7 Å². The molecule has 1 aromatic carbocycles. The monoisotopic (exact) mass is 374 g/mol. The predicted octanol–water partition coefficient (Wildman–Crippen LogP) is 4.07. The molecule has 0 amide bonds. The number of pyridine rings is 1. The summed E-state index contributed by atoms with van der Waals surface area (Å²) in [7, 11) is 1.69. The molecular formula is C19H23BrN2O. The molecule has 23 heavy (non-hydrogen) atoms. The normalized spacial score (nSPS) is 25.7. The average Bonchev–Trinajstić information content (AvgIpc) is 2.90. The Hall–Kier alpha value is -1.39. The fourth-order valence-electron chi connectivity index (χ4n) is 4.01. The van der Waals surface area contributed by atoms with Gasteiger partial charge in [0.1, 0.15) is 5.75 Å². The first kappa shape index (κ1) is 16.5. The van der Waals surface area contributed by atoms with E-state index in [4.69, 9.17) is 9.72 Å². The van der Waals surface area contributed by atoms with Crippen molar-refractivity contribution >= 4 is 17.0 Å². The quantitative estimate of drug-likeness (QED) is 0.809. The Bertz CT molecular complexity index is 652.